The molecule has 2 aromatic rings. The predicted molar refractivity (Wildman–Crippen MR) is 100 cm³/mol. The fourth-order valence-corrected chi connectivity index (χ4v) is 2.39. The van der Waals surface area contributed by atoms with Crippen LogP contribution in [-0.2, 0) is 13.0 Å². The molecule has 0 spiro atoms. The average Bonchev–Trinajstić information content (AvgIpc) is 2.66. The van der Waals surface area contributed by atoms with E-state index in [2.05, 4.69) is 26.7 Å². The third-order valence-electron chi connectivity index (χ3n) is 3.61. The molecule has 0 amide bonds. The van der Waals surface area contributed by atoms with Crippen molar-refractivity contribution in [2.75, 3.05) is 27.3 Å². The third-order valence-corrected chi connectivity index (χ3v) is 3.61. The fraction of sp³-hybridized carbons (Fsp3) is 0.368. The quantitative estimate of drug-likeness (QED) is 0.569. The number of benzene rings is 1. The molecule has 0 bridgehead atoms. The van der Waals surface area contributed by atoms with Crippen LogP contribution < -0.4 is 20.1 Å². The van der Waals surface area contributed by atoms with Crippen LogP contribution in [-0.4, -0.2) is 38.3 Å². The molecule has 1 aromatic heterocycles. The highest BCUT2D eigenvalue weighted by molar-refractivity contribution is 5.79. The first-order valence-corrected chi connectivity index (χ1v) is 8.40. The van der Waals surface area contributed by atoms with Gasteiger partial charge in [0.1, 0.15) is 5.75 Å². The zero-order valence-electron chi connectivity index (χ0n) is 15.1. The second kappa shape index (κ2) is 10.2. The smallest absolute Gasteiger partial charge is 0.213 e. The van der Waals surface area contributed by atoms with Crippen molar-refractivity contribution >= 4 is 5.96 Å². The number of nitrogens with one attached hydrogen (secondary N) is 2. The molecule has 25 heavy (non-hydrogen) atoms. The summed E-state index contributed by atoms with van der Waals surface area (Å²) < 4.78 is 10.5. The van der Waals surface area contributed by atoms with E-state index >= 15 is 0 Å². The molecule has 6 nitrogen and oxygen atoms in total. The summed E-state index contributed by atoms with van der Waals surface area (Å²) in [5.41, 5.74) is 2.03. The Labute approximate surface area is 149 Å². The van der Waals surface area contributed by atoms with E-state index in [9.17, 15) is 0 Å². The Bertz CT molecular complexity index is 689. The van der Waals surface area contributed by atoms with Crippen LogP contribution in [0.25, 0.3) is 0 Å². The van der Waals surface area contributed by atoms with Gasteiger partial charge in [0.05, 0.1) is 26.5 Å². The molecule has 1 heterocycles. The van der Waals surface area contributed by atoms with Crippen LogP contribution in [0.5, 0.6) is 11.6 Å². The second-order valence-corrected chi connectivity index (χ2v) is 5.36. The molecule has 6 heteroatoms. The molecule has 2 N–H and O–H groups in total. The normalized spacial score (nSPS) is 11.1. The van der Waals surface area contributed by atoms with Gasteiger partial charge in [-0.2, -0.15) is 0 Å². The first-order valence-electron chi connectivity index (χ1n) is 8.40. The zero-order chi connectivity index (χ0) is 17.9. The number of pyridine rings is 1. The summed E-state index contributed by atoms with van der Waals surface area (Å²) in [5.74, 6) is 2.27. The van der Waals surface area contributed by atoms with E-state index in [1.807, 2.05) is 43.3 Å². The maximum absolute atomic E-state index is 5.38. The van der Waals surface area contributed by atoms with Crippen LogP contribution >= 0.6 is 0 Å². The van der Waals surface area contributed by atoms with Crippen LogP contribution in [0.4, 0.5) is 0 Å². The van der Waals surface area contributed by atoms with Gasteiger partial charge in [-0.05, 0) is 31.0 Å². The lowest BCUT2D eigenvalue weighted by atomic mass is 10.1. The maximum Gasteiger partial charge on any atom is 0.213 e. The largest absolute Gasteiger partial charge is 0.496 e. The zero-order valence-corrected chi connectivity index (χ0v) is 15.1. The first kappa shape index (κ1) is 18.6. The van der Waals surface area contributed by atoms with Crippen molar-refractivity contribution in [3.05, 3.63) is 53.7 Å². The van der Waals surface area contributed by atoms with Gasteiger partial charge in [-0.1, -0.05) is 24.3 Å². The lowest BCUT2D eigenvalue weighted by Crippen LogP contribution is -2.38. The van der Waals surface area contributed by atoms with Crippen molar-refractivity contribution in [1.29, 1.82) is 0 Å². The number of methoxy groups -OCH3 is 2. The maximum atomic E-state index is 5.38. The molecule has 2 rings (SSSR count). The number of aromatic nitrogens is 1. The summed E-state index contributed by atoms with van der Waals surface area (Å²) in [7, 11) is 3.30. The molecule has 0 unspecified atom stereocenters. The van der Waals surface area contributed by atoms with E-state index in [0.717, 1.165) is 36.9 Å². The molecule has 0 saturated carbocycles. The summed E-state index contributed by atoms with van der Waals surface area (Å²) in [6.07, 6.45) is 0.853. The summed E-state index contributed by atoms with van der Waals surface area (Å²) in [5, 5.41) is 6.59. The molecular weight excluding hydrogens is 316 g/mol. The number of guanidine groups is 1. The molecule has 1 aromatic carbocycles. The highest BCUT2D eigenvalue weighted by Crippen LogP contribution is 2.17. The Morgan fingerprint density at radius 3 is 2.64 bits per heavy atom. The highest BCUT2D eigenvalue weighted by Gasteiger charge is 2.03. The van der Waals surface area contributed by atoms with Gasteiger partial charge in [0.15, 0.2) is 5.96 Å². The topological polar surface area (TPSA) is 67.8 Å². The molecule has 0 atom stereocenters. The molecule has 0 fully saturated rings. The lowest BCUT2D eigenvalue weighted by Gasteiger charge is -2.12. The lowest BCUT2D eigenvalue weighted by molar-refractivity contribution is 0.396. The van der Waals surface area contributed by atoms with Gasteiger partial charge in [-0.25, -0.2) is 9.98 Å². The number of aliphatic imine (C=N–C) groups is 1. The van der Waals surface area contributed by atoms with Crippen molar-refractivity contribution < 1.29 is 9.47 Å². The summed E-state index contributed by atoms with van der Waals surface area (Å²) >= 11 is 0. The van der Waals surface area contributed by atoms with Crippen molar-refractivity contribution in [3.63, 3.8) is 0 Å². The Hall–Kier alpha value is -2.76. The third kappa shape index (κ3) is 5.99. The minimum Gasteiger partial charge on any atom is -0.496 e. The predicted octanol–water partition coefficient (Wildman–Crippen LogP) is 2.40. The van der Waals surface area contributed by atoms with Crippen molar-refractivity contribution in [2.24, 2.45) is 4.99 Å². The summed E-state index contributed by atoms with van der Waals surface area (Å²) in [6.45, 7) is 4.09. The fourth-order valence-electron chi connectivity index (χ4n) is 2.39. The van der Waals surface area contributed by atoms with Gasteiger partial charge < -0.3 is 20.1 Å². The number of ether oxygens (including phenoxy) is 2. The van der Waals surface area contributed by atoms with Crippen LogP contribution in [0.15, 0.2) is 47.5 Å². The number of para-hydroxylation sites is 1. The number of nitrogens with zero attached hydrogens (tertiary/aromatic N) is 2. The molecule has 0 saturated heterocycles. The van der Waals surface area contributed by atoms with Crippen molar-refractivity contribution in [2.45, 2.75) is 19.9 Å². The van der Waals surface area contributed by atoms with Gasteiger partial charge >= 0.3 is 0 Å². The highest BCUT2D eigenvalue weighted by atomic mass is 16.5. The molecular formula is C19H26N4O2. The minimum atomic E-state index is 0.487. The standard InChI is InChI=1S/C19H26N4O2/c1-4-20-19(22-14-16-9-7-11-18(23-16)25-3)21-13-12-15-8-5-6-10-17(15)24-2/h5-11H,4,12-14H2,1-3H3,(H2,20,21,22). The van der Waals surface area contributed by atoms with Gasteiger partial charge in [0, 0.05) is 19.2 Å². The molecule has 0 aliphatic carbocycles. The van der Waals surface area contributed by atoms with E-state index < -0.39 is 0 Å². The van der Waals surface area contributed by atoms with Crippen LogP contribution in [0.1, 0.15) is 18.2 Å². The van der Waals surface area contributed by atoms with Crippen molar-refractivity contribution in [1.82, 2.24) is 15.6 Å². The first-order chi connectivity index (χ1) is 12.3. The monoisotopic (exact) mass is 342 g/mol. The second-order valence-electron chi connectivity index (χ2n) is 5.36. The average molecular weight is 342 g/mol. The van der Waals surface area contributed by atoms with E-state index in [1.54, 1.807) is 14.2 Å². The number of rotatable bonds is 8. The molecule has 0 aliphatic rings. The van der Waals surface area contributed by atoms with Gasteiger partial charge in [0.2, 0.25) is 5.88 Å². The van der Waals surface area contributed by atoms with Gasteiger partial charge in [-0.3, -0.25) is 0 Å². The van der Waals surface area contributed by atoms with E-state index in [-0.39, 0.29) is 0 Å². The van der Waals surface area contributed by atoms with E-state index in [4.69, 9.17) is 9.47 Å². The minimum absolute atomic E-state index is 0.487. The van der Waals surface area contributed by atoms with E-state index in [1.165, 1.54) is 5.56 Å². The Morgan fingerprint density at radius 1 is 1.04 bits per heavy atom. The van der Waals surface area contributed by atoms with Crippen LogP contribution in [0, 0.1) is 0 Å². The van der Waals surface area contributed by atoms with E-state index in [0.29, 0.717) is 12.4 Å². The van der Waals surface area contributed by atoms with Crippen LogP contribution in [0.3, 0.4) is 0 Å². The summed E-state index contributed by atoms with van der Waals surface area (Å²) in [6, 6.07) is 13.7. The number of hydrogen-bond acceptors (Lipinski definition) is 4. The molecule has 0 radical (unpaired) electrons. The van der Waals surface area contributed by atoms with Gasteiger partial charge in [0.25, 0.3) is 0 Å². The Kier molecular flexibility index (Phi) is 7.56. The van der Waals surface area contributed by atoms with Crippen LogP contribution in [0.2, 0.25) is 0 Å². The molecule has 134 valence electrons. The van der Waals surface area contributed by atoms with Crippen molar-refractivity contribution in [3.8, 4) is 11.6 Å². The molecule has 0 aliphatic heterocycles. The summed E-state index contributed by atoms with van der Waals surface area (Å²) in [4.78, 5) is 8.95. The van der Waals surface area contributed by atoms with Gasteiger partial charge in [-0.15, -0.1) is 0 Å². The SMILES string of the molecule is CCNC(=NCc1cccc(OC)n1)NCCc1ccccc1OC. The number of hydrogen-bond donors (Lipinski definition) is 2. The Balaban J connectivity index is 1.93. The Morgan fingerprint density at radius 2 is 1.88 bits per heavy atom.